The van der Waals surface area contributed by atoms with Crippen LogP contribution >= 0.6 is 45.1 Å². The Kier molecular flexibility index (Phi) is 5.68. The lowest BCUT2D eigenvalue weighted by Gasteiger charge is -2.38. The fourth-order valence-electron chi connectivity index (χ4n) is 2.54. The summed E-state index contributed by atoms with van der Waals surface area (Å²) in [5, 5.41) is 11.2. The largest absolute Gasteiger partial charge is 0.517 e. The molecule has 0 radical (unpaired) electrons. The third kappa shape index (κ3) is 3.79. The average molecular weight is 428 g/mol. The van der Waals surface area contributed by atoms with Crippen LogP contribution in [-0.4, -0.2) is 11.3 Å². The molecule has 0 aliphatic heterocycles. The summed E-state index contributed by atoms with van der Waals surface area (Å²) in [5.41, 5.74) is 0. The van der Waals surface area contributed by atoms with Crippen molar-refractivity contribution in [2.24, 2.45) is 0 Å². The van der Waals surface area contributed by atoms with Crippen molar-refractivity contribution in [2.75, 3.05) is 0 Å². The van der Waals surface area contributed by atoms with Gasteiger partial charge in [-0.05, 0) is 83.1 Å². The SMILES string of the molecule is O=C(O)OS(c1ccc(Cl)cc1)(c1ccc(Cl)cc1)c1ccc(Cl)cc1. The highest BCUT2D eigenvalue weighted by atomic mass is 35.5. The van der Waals surface area contributed by atoms with Gasteiger partial charge in [0.05, 0.1) is 0 Å². The van der Waals surface area contributed by atoms with E-state index in [1.807, 2.05) is 0 Å². The fraction of sp³-hybridized carbons (Fsp3) is 0. The quantitative estimate of drug-likeness (QED) is 0.468. The molecule has 3 nitrogen and oxygen atoms in total. The van der Waals surface area contributed by atoms with E-state index in [0.29, 0.717) is 29.8 Å². The van der Waals surface area contributed by atoms with Crippen molar-refractivity contribution in [1.29, 1.82) is 0 Å². The predicted octanol–water partition coefficient (Wildman–Crippen LogP) is 7.54. The number of carboxylic acid groups (broad SMARTS) is 1. The normalized spacial score (nSPS) is 11.8. The molecule has 3 aromatic rings. The first-order chi connectivity index (χ1) is 12.4. The summed E-state index contributed by atoms with van der Waals surface area (Å²) in [6, 6.07) is 20.8. The van der Waals surface area contributed by atoms with Crippen LogP contribution in [0.2, 0.25) is 15.1 Å². The molecular weight excluding hydrogens is 415 g/mol. The van der Waals surface area contributed by atoms with Crippen molar-refractivity contribution in [1.82, 2.24) is 0 Å². The molecule has 0 atom stereocenters. The van der Waals surface area contributed by atoms with Gasteiger partial charge in [-0.3, -0.25) is 0 Å². The van der Waals surface area contributed by atoms with Crippen LogP contribution in [0.25, 0.3) is 0 Å². The molecule has 0 saturated heterocycles. The molecule has 3 rings (SSSR count). The Morgan fingerprint density at radius 1 is 0.654 bits per heavy atom. The van der Waals surface area contributed by atoms with Gasteiger partial charge in [-0.25, -0.2) is 4.79 Å². The van der Waals surface area contributed by atoms with Crippen molar-refractivity contribution in [3.05, 3.63) is 87.9 Å². The van der Waals surface area contributed by atoms with Crippen LogP contribution in [0.4, 0.5) is 4.79 Å². The van der Waals surface area contributed by atoms with E-state index in [2.05, 4.69) is 0 Å². The summed E-state index contributed by atoms with van der Waals surface area (Å²) in [6.07, 6.45) is -1.38. The van der Waals surface area contributed by atoms with Crippen LogP contribution in [0.15, 0.2) is 87.5 Å². The minimum atomic E-state index is -2.56. The molecule has 134 valence electrons. The first kappa shape index (κ1) is 18.9. The summed E-state index contributed by atoms with van der Waals surface area (Å²) >= 11 is 18.1. The standard InChI is InChI=1S/C19H13Cl3O3S/c20-13-1-7-16(8-2-13)26(25-19(23)24,17-9-3-14(21)4-10-17)18-11-5-15(22)6-12-18/h1-12H,(H,23,24). The third-order valence-corrected chi connectivity index (χ3v) is 7.59. The van der Waals surface area contributed by atoms with E-state index in [1.165, 1.54) is 0 Å². The zero-order valence-corrected chi connectivity index (χ0v) is 16.3. The highest BCUT2D eigenvalue weighted by molar-refractivity contribution is 8.30. The van der Waals surface area contributed by atoms with Gasteiger partial charge in [0.2, 0.25) is 0 Å². The van der Waals surface area contributed by atoms with E-state index in [1.54, 1.807) is 72.8 Å². The molecule has 0 amide bonds. The Balaban J connectivity index is 2.33. The summed E-state index contributed by atoms with van der Waals surface area (Å²) in [5.74, 6) is 0. The Morgan fingerprint density at radius 2 is 0.923 bits per heavy atom. The maximum Gasteiger partial charge on any atom is 0.517 e. The van der Waals surface area contributed by atoms with Crippen LogP contribution in [-0.2, 0) is 4.18 Å². The first-order valence-corrected chi connectivity index (χ1v) is 10.1. The topological polar surface area (TPSA) is 46.5 Å². The van der Waals surface area contributed by atoms with Gasteiger partial charge in [0.25, 0.3) is 0 Å². The number of benzene rings is 3. The van der Waals surface area contributed by atoms with Crippen LogP contribution in [0.5, 0.6) is 0 Å². The van der Waals surface area contributed by atoms with Gasteiger partial charge < -0.3 is 9.29 Å². The molecule has 1 N–H and O–H groups in total. The zero-order valence-electron chi connectivity index (χ0n) is 13.2. The highest BCUT2D eigenvalue weighted by Gasteiger charge is 2.35. The van der Waals surface area contributed by atoms with E-state index in [9.17, 15) is 9.90 Å². The van der Waals surface area contributed by atoms with Crippen molar-refractivity contribution >= 4 is 51.3 Å². The lowest BCUT2D eigenvalue weighted by molar-refractivity contribution is 0.150. The summed E-state index contributed by atoms with van der Waals surface area (Å²) in [6.45, 7) is 0. The van der Waals surface area contributed by atoms with Gasteiger partial charge in [-0.15, -0.1) is 0 Å². The van der Waals surface area contributed by atoms with Gasteiger partial charge in [0.1, 0.15) is 0 Å². The van der Waals surface area contributed by atoms with E-state index in [4.69, 9.17) is 39.0 Å². The minimum absolute atomic E-state index is 0.546. The molecular formula is C19H13Cl3O3S. The Morgan fingerprint density at radius 3 is 1.15 bits per heavy atom. The fourth-order valence-corrected chi connectivity index (χ4v) is 5.79. The Bertz CT molecular complexity index is 799. The maximum absolute atomic E-state index is 11.7. The smallest absolute Gasteiger partial charge is 0.449 e. The molecule has 3 aromatic carbocycles. The molecule has 26 heavy (non-hydrogen) atoms. The van der Waals surface area contributed by atoms with E-state index in [0.717, 1.165) is 0 Å². The van der Waals surface area contributed by atoms with Gasteiger partial charge in [0.15, 0.2) is 0 Å². The van der Waals surface area contributed by atoms with Crippen LogP contribution in [0, 0.1) is 0 Å². The molecule has 0 bridgehead atoms. The van der Waals surface area contributed by atoms with Crippen molar-refractivity contribution < 1.29 is 14.1 Å². The van der Waals surface area contributed by atoms with Gasteiger partial charge >= 0.3 is 6.16 Å². The van der Waals surface area contributed by atoms with E-state index < -0.39 is 16.5 Å². The monoisotopic (exact) mass is 426 g/mol. The molecule has 0 spiro atoms. The van der Waals surface area contributed by atoms with Crippen molar-refractivity contribution in [3.8, 4) is 0 Å². The van der Waals surface area contributed by atoms with Gasteiger partial charge in [-0.1, -0.05) is 34.8 Å². The highest BCUT2D eigenvalue weighted by Crippen LogP contribution is 2.69. The molecule has 7 heteroatoms. The molecule has 0 aliphatic carbocycles. The number of hydrogen-bond donors (Lipinski definition) is 1. The summed E-state index contributed by atoms with van der Waals surface area (Å²) in [4.78, 5) is 13.7. The third-order valence-electron chi connectivity index (χ3n) is 3.63. The molecule has 0 saturated carbocycles. The summed E-state index contributed by atoms with van der Waals surface area (Å²) < 4.78 is 5.59. The first-order valence-electron chi connectivity index (χ1n) is 7.44. The number of hydrogen-bond acceptors (Lipinski definition) is 2. The predicted molar refractivity (Wildman–Crippen MR) is 106 cm³/mol. The second kappa shape index (κ2) is 7.80. The van der Waals surface area contributed by atoms with Crippen molar-refractivity contribution in [2.45, 2.75) is 14.7 Å². The second-order valence-corrected chi connectivity index (χ2v) is 9.27. The van der Waals surface area contributed by atoms with Crippen LogP contribution in [0.3, 0.4) is 0 Å². The van der Waals surface area contributed by atoms with Crippen LogP contribution in [0.1, 0.15) is 0 Å². The Hall–Kier alpha value is -1.85. The second-order valence-electron chi connectivity index (χ2n) is 5.27. The van der Waals surface area contributed by atoms with E-state index >= 15 is 0 Å². The number of carbonyl (C=O) groups is 1. The number of rotatable bonds is 4. The molecule has 0 fully saturated rings. The van der Waals surface area contributed by atoms with E-state index in [-0.39, 0.29) is 0 Å². The zero-order chi connectivity index (χ0) is 18.7. The van der Waals surface area contributed by atoms with Crippen molar-refractivity contribution in [3.63, 3.8) is 0 Å². The summed E-state index contributed by atoms with van der Waals surface area (Å²) in [7, 11) is -2.56. The lowest BCUT2D eigenvalue weighted by Crippen LogP contribution is -2.12. The average Bonchev–Trinajstić information content (AvgIpc) is 2.62. The molecule has 0 aromatic heterocycles. The van der Waals surface area contributed by atoms with Gasteiger partial charge in [0, 0.05) is 29.8 Å². The molecule has 0 heterocycles. The lowest BCUT2D eigenvalue weighted by atomic mass is 10.3. The molecule has 0 aliphatic rings. The van der Waals surface area contributed by atoms with Gasteiger partial charge in [-0.2, -0.15) is 0 Å². The molecule has 0 unspecified atom stereocenters. The minimum Gasteiger partial charge on any atom is -0.449 e. The maximum atomic E-state index is 11.7. The van der Waals surface area contributed by atoms with Crippen LogP contribution < -0.4 is 0 Å². The number of halogens is 3. The Labute approximate surface area is 167 Å².